The quantitative estimate of drug-likeness (QED) is 0.347. The first-order chi connectivity index (χ1) is 20.3. The van der Waals surface area contributed by atoms with E-state index in [0.717, 1.165) is 23.3 Å². The van der Waals surface area contributed by atoms with Gasteiger partial charge in [-0.25, -0.2) is 13.2 Å². The Kier molecular flexibility index (Phi) is 8.97. The van der Waals surface area contributed by atoms with Gasteiger partial charge < -0.3 is 25.6 Å². The molecule has 2 aliphatic rings. The maximum Gasteiger partial charge on any atom is 0.321 e. The van der Waals surface area contributed by atoms with E-state index in [1.165, 1.54) is 4.31 Å². The Bertz CT molecular complexity index is 1550. The number of rotatable bonds is 7. The zero-order valence-corrected chi connectivity index (χ0v) is 24.8. The maximum atomic E-state index is 13.2. The van der Waals surface area contributed by atoms with Crippen LogP contribution in [0.5, 0.6) is 5.75 Å². The number of piperidine rings is 1. The maximum absolute atomic E-state index is 13.2. The normalized spacial score (nSPS) is 15.5. The summed E-state index contributed by atoms with van der Waals surface area (Å²) in [6.07, 6.45) is 2.78. The van der Waals surface area contributed by atoms with Crippen molar-refractivity contribution < 1.29 is 27.5 Å². The number of hydrogen-bond acceptors (Lipinski definition) is 7. The van der Waals surface area contributed by atoms with Crippen LogP contribution >= 0.6 is 11.3 Å². The number of likely N-dealkylation sites (tertiary alicyclic amines) is 1. The molecular weight excluding hydrogens is 578 g/mol. The Balaban J connectivity index is 1.12. The number of ether oxygens (including phenoxy) is 1. The van der Waals surface area contributed by atoms with Crippen LogP contribution < -0.4 is 25.0 Å². The number of benzene rings is 2. The van der Waals surface area contributed by atoms with Crippen molar-refractivity contribution in [3.63, 3.8) is 0 Å². The Labute approximate surface area is 248 Å². The minimum Gasteiger partial charge on any atom is -0.495 e. The molecule has 42 heavy (non-hydrogen) atoms. The lowest BCUT2D eigenvalue weighted by Gasteiger charge is -2.32. The van der Waals surface area contributed by atoms with Gasteiger partial charge in [0.05, 0.1) is 18.5 Å². The highest BCUT2D eigenvalue weighted by atomic mass is 32.2. The van der Waals surface area contributed by atoms with Crippen LogP contribution in [0, 0.1) is 5.92 Å². The van der Waals surface area contributed by atoms with Crippen molar-refractivity contribution in [3.8, 4) is 5.75 Å². The number of anilines is 3. The fourth-order valence-electron chi connectivity index (χ4n) is 5.17. The number of nitrogens with one attached hydrogen (secondary N) is 3. The molecule has 0 saturated carbocycles. The van der Waals surface area contributed by atoms with E-state index in [-0.39, 0.29) is 16.2 Å². The van der Waals surface area contributed by atoms with E-state index in [1.54, 1.807) is 59.9 Å². The molecule has 0 bridgehead atoms. The van der Waals surface area contributed by atoms with Crippen molar-refractivity contribution in [2.24, 2.45) is 5.92 Å². The molecule has 5 rings (SSSR count). The molecule has 222 valence electrons. The van der Waals surface area contributed by atoms with E-state index in [9.17, 15) is 22.8 Å². The molecule has 2 aliphatic heterocycles. The summed E-state index contributed by atoms with van der Waals surface area (Å²) in [6.45, 7) is 1.69. The Morgan fingerprint density at radius 3 is 2.50 bits per heavy atom. The highest BCUT2D eigenvalue weighted by molar-refractivity contribution is 7.94. The van der Waals surface area contributed by atoms with Gasteiger partial charge in [0.1, 0.15) is 9.96 Å². The number of nitrogens with zero attached hydrogens (tertiary/aromatic N) is 2. The van der Waals surface area contributed by atoms with Crippen molar-refractivity contribution >= 4 is 56.3 Å². The molecule has 11 nitrogen and oxygen atoms in total. The van der Waals surface area contributed by atoms with Crippen LogP contribution in [0.4, 0.5) is 21.9 Å². The van der Waals surface area contributed by atoms with Gasteiger partial charge in [0.2, 0.25) is 0 Å². The average Bonchev–Trinajstić information content (AvgIpc) is 3.56. The summed E-state index contributed by atoms with van der Waals surface area (Å²) in [5, 5.41) is 9.89. The molecule has 0 radical (unpaired) electrons. The Morgan fingerprint density at radius 1 is 0.976 bits per heavy atom. The van der Waals surface area contributed by atoms with Gasteiger partial charge >= 0.3 is 17.8 Å². The largest absolute Gasteiger partial charge is 0.495 e. The second kappa shape index (κ2) is 12.8. The number of thiophene rings is 1. The minimum absolute atomic E-state index is 0.122. The number of sulfonamides is 1. The SMILES string of the molecule is COc1ccccc1NC(=O)N1CCC(CNC(=O)C(=O)Nc2ccc3c(c2)N(S(=O)(=O)c2cccs2)CCC3)CC1. The molecular formula is C29H33N5O6S2. The van der Waals surface area contributed by atoms with Gasteiger partial charge in [0.25, 0.3) is 10.0 Å². The molecule has 13 heteroatoms. The van der Waals surface area contributed by atoms with Gasteiger partial charge in [-0.05, 0) is 72.9 Å². The van der Waals surface area contributed by atoms with Crippen LogP contribution in [0.25, 0.3) is 0 Å². The third-order valence-corrected chi connectivity index (χ3v) is 10.7. The second-order valence-electron chi connectivity index (χ2n) is 10.2. The lowest BCUT2D eigenvalue weighted by Crippen LogP contribution is -2.44. The van der Waals surface area contributed by atoms with Crippen LogP contribution in [-0.2, 0) is 26.0 Å². The van der Waals surface area contributed by atoms with Crippen molar-refractivity contribution in [2.45, 2.75) is 29.9 Å². The zero-order chi connectivity index (χ0) is 29.7. The first-order valence-corrected chi connectivity index (χ1v) is 16.1. The molecule has 3 N–H and O–H groups in total. The number of carbonyl (C=O) groups is 3. The number of para-hydroxylation sites is 2. The molecule has 0 spiro atoms. The number of methoxy groups -OCH3 is 1. The van der Waals surface area contributed by atoms with Crippen LogP contribution in [0.2, 0.25) is 0 Å². The third-order valence-electron chi connectivity index (χ3n) is 7.47. The van der Waals surface area contributed by atoms with Gasteiger partial charge in [-0.3, -0.25) is 13.9 Å². The minimum atomic E-state index is -3.72. The Morgan fingerprint density at radius 2 is 1.76 bits per heavy atom. The molecule has 3 heterocycles. The predicted molar refractivity (Wildman–Crippen MR) is 162 cm³/mol. The molecule has 0 atom stereocenters. The smallest absolute Gasteiger partial charge is 0.321 e. The average molecular weight is 612 g/mol. The van der Waals surface area contributed by atoms with Gasteiger partial charge in [0, 0.05) is 31.9 Å². The van der Waals surface area contributed by atoms with E-state index < -0.39 is 21.8 Å². The Hall–Kier alpha value is -4.10. The number of fused-ring (bicyclic) bond motifs is 1. The molecule has 0 aliphatic carbocycles. The lowest BCUT2D eigenvalue weighted by atomic mass is 9.97. The fourth-order valence-corrected chi connectivity index (χ4v) is 7.81. The summed E-state index contributed by atoms with van der Waals surface area (Å²) in [6, 6.07) is 15.3. The summed E-state index contributed by atoms with van der Waals surface area (Å²) in [5.74, 6) is -0.895. The molecule has 0 unspecified atom stereocenters. The topological polar surface area (TPSA) is 137 Å². The van der Waals surface area contributed by atoms with E-state index in [1.807, 2.05) is 12.1 Å². The highest BCUT2D eigenvalue weighted by Crippen LogP contribution is 2.35. The summed E-state index contributed by atoms with van der Waals surface area (Å²) in [7, 11) is -2.17. The van der Waals surface area contributed by atoms with E-state index in [4.69, 9.17) is 4.74 Å². The van der Waals surface area contributed by atoms with Crippen molar-refractivity contribution in [3.05, 3.63) is 65.5 Å². The molecule has 4 amide bonds. The van der Waals surface area contributed by atoms with E-state index in [2.05, 4.69) is 16.0 Å². The molecule has 1 fully saturated rings. The van der Waals surface area contributed by atoms with Crippen molar-refractivity contribution in [1.82, 2.24) is 10.2 Å². The van der Waals surface area contributed by atoms with Crippen molar-refractivity contribution in [2.75, 3.05) is 48.2 Å². The van der Waals surface area contributed by atoms with Crippen LogP contribution in [0.1, 0.15) is 24.8 Å². The second-order valence-corrected chi connectivity index (χ2v) is 13.2. The summed E-state index contributed by atoms with van der Waals surface area (Å²) in [4.78, 5) is 39.7. The summed E-state index contributed by atoms with van der Waals surface area (Å²) >= 11 is 1.16. The monoisotopic (exact) mass is 611 g/mol. The van der Waals surface area contributed by atoms with Crippen molar-refractivity contribution in [1.29, 1.82) is 0 Å². The molecule has 1 aromatic heterocycles. The molecule has 3 aromatic rings. The van der Waals surface area contributed by atoms with Gasteiger partial charge in [-0.2, -0.15) is 0 Å². The standard InChI is InChI=1S/C29H33N5O6S2/c1-40-25-8-3-2-7-23(25)32-29(37)33-15-12-20(13-16-33)19-30-27(35)28(36)31-22-11-10-21-6-4-14-34(24(21)18-22)42(38,39)26-9-5-17-41-26/h2-3,5,7-11,17-18,20H,4,6,12-16,19H2,1H3,(H,30,35)(H,31,36)(H,32,37). The summed E-state index contributed by atoms with van der Waals surface area (Å²) < 4.78 is 33.3. The van der Waals surface area contributed by atoms with E-state index in [0.29, 0.717) is 68.3 Å². The van der Waals surface area contributed by atoms with Gasteiger partial charge in [0.15, 0.2) is 0 Å². The molecule has 1 saturated heterocycles. The number of hydrogen-bond donors (Lipinski definition) is 3. The number of aryl methyl sites for hydroxylation is 1. The molecule has 2 aromatic carbocycles. The number of carbonyl (C=O) groups excluding carboxylic acids is 3. The number of amides is 4. The lowest BCUT2D eigenvalue weighted by molar-refractivity contribution is -0.136. The fraction of sp³-hybridized carbons (Fsp3) is 0.345. The zero-order valence-electron chi connectivity index (χ0n) is 23.2. The third kappa shape index (κ3) is 6.52. The predicted octanol–water partition coefficient (Wildman–Crippen LogP) is 3.90. The number of urea groups is 1. The van der Waals surface area contributed by atoms with Crippen LogP contribution in [0.15, 0.2) is 64.2 Å². The first kappa shape index (κ1) is 29.4. The van der Waals surface area contributed by atoms with Crippen LogP contribution in [0.3, 0.4) is 0 Å². The van der Waals surface area contributed by atoms with Gasteiger partial charge in [-0.15, -0.1) is 11.3 Å². The first-order valence-electron chi connectivity index (χ1n) is 13.7. The van der Waals surface area contributed by atoms with Crippen LogP contribution in [-0.4, -0.2) is 64.5 Å². The highest BCUT2D eigenvalue weighted by Gasteiger charge is 2.30. The van der Waals surface area contributed by atoms with E-state index >= 15 is 0 Å². The summed E-state index contributed by atoms with van der Waals surface area (Å²) in [5.41, 5.74) is 2.32. The van der Waals surface area contributed by atoms with Gasteiger partial charge in [-0.1, -0.05) is 24.3 Å².